The Morgan fingerprint density at radius 1 is 1.12 bits per heavy atom. The van der Waals surface area contributed by atoms with Gasteiger partial charge in [0.2, 0.25) is 5.91 Å². The van der Waals surface area contributed by atoms with E-state index in [-0.39, 0.29) is 36.0 Å². The van der Waals surface area contributed by atoms with E-state index < -0.39 is 6.10 Å². The van der Waals surface area contributed by atoms with Gasteiger partial charge in [0, 0.05) is 50.8 Å². The highest BCUT2D eigenvalue weighted by molar-refractivity contribution is 6.04. The number of amides is 3. The Morgan fingerprint density at radius 2 is 1.91 bits per heavy atom. The number of likely N-dealkylation sites (N-methyl/N-ethyl adjacent to an activating group) is 1. The quantitative estimate of drug-likeness (QED) is 0.583. The van der Waals surface area contributed by atoms with E-state index >= 15 is 0 Å². The first-order valence-electron chi connectivity index (χ1n) is 11.4. The number of Topliss-reactive ketones (excluding diaryl/α,β-unsaturated/α-hetero) is 1. The van der Waals surface area contributed by atoms with Crippen LogP contribution in [0.1, 0.15) is 45.7 Å². The SMILES string of the molecule is CN(C)C(=O)CN1Cc2ccc(N3CC[C@@H](Oc4ccc(C(=O)C5CC5)nc4)C3=O)cc2C1=O. The van der Waals surface area contributed by atoms with Crippen molar-refractivity contribution in [2.24, 2.45) is 5.92 Å². The van der Waals surface area contributed by atoms with E-state index in [1.54, 1.807) is 37.2 Å². The number of ether oxygens (including phenoxy) is 1. The number of aromatic nitrogens is 1. The third-order valence-corrected chi connectivity index (χ3v) is 6.48. The molecule has 1 saturated heterocycles. The summed E-state index contributed by atoms with van der Waals surface area (Å²) in [7, 11) is 3.31. The number of carbonyl (C=O) groups is 4. The van der Waals surface area contributed by atoms with E-state index in [4.69, 9.17) is 4.74 Å². The van der Waals surface area contributed by atoms with Crippen molar-refractivity contribution >= 4 is 29.2 Å². The molecule has 0 spiro atoms. The molecule has 1 aromatic heterocycles. The van der Waals surface area contributed by atoms with Crippen molar-refractivity contribution in [1.82, 2.24) is 14.8 Å². The molecule has 2 aromatic rings. The van der Waals surface area contributed by atoms with Crippen LogP contribution in [0.3, 0.4) is 0 Å². The number of hydrogen-bond donors (Lipinski definition) is 0. The molecule has 1 atom stereocenters. The van der Waals surface area contributed by atoms with Crippen LogP contribution >= 0.6 is 0 Å². The molecule has 1 aliphatic carbocycles. The average Bonchev–Trinajstić information content (AvgIpc) is 3.56. The molecule has 0 unspecified atom stereocenters. The summed E-state index contributed by atoms with van der Waals surface area (Å²) in [6.07, 6.45) is 3.17. The number of benzene rings is 1. The van der Waals surface area contributed by atoms with Gasteiger partial charge in [0.05, 0.1) is 6.20 Å². The zero-order chi connectivity index (χ0) is 24.0. The molecule has 0 radical (unpaired) electrons. The van der Waals surface area contributed by atoms with Gasteiger partial charge < -0.3 is 19.4 Å². The first kappa shape index (κ1) is 22.1. The van der Waals surface area contributed by atoms with Gasteiger partial charge >= 0.3 is 0 Å². The van der Waals surface area contributed by atoms with E-state index in [2.05, 4.69) is 4.98 Å². The van der Waals surface area contributed by atoms with E-state index in [1.165, 1.54) is 16.0 Å². The minimum Gasteiger partial charge on any atom is -0.479 e. The second-order valence-corrected chi connectivity index (χ2v) is 9.19. The molecule has 3 amide bonds. The Hall–Kier alpha value is -3.75. The first-order chi connectivity index (χ1) is 16.3. The first-order valence-corrected chi connectivity index (χ1v) is 11.4. The van der Waals surface area contributed by atoms with Crippen LogP contribution < -0.4 is 9.64 Å². The summed E-state index contributed by atoms with van der Waals surface area (Å²) in [6, 6.07) is 8.70. The fourth-order valence-electron chi connectivity index (χ4n) is 4.28. The van der Waals surface area contributed by atoms with Crippen LogP contribution in [0.25, 0.3) is 0 Å². The molecular weight excluding hydrogens is 436 g/mol. The van der Waals surface area contributed by atoms with E-state index in [9.17, 15) is 19.2 Å². The maximum atomic E-state index is 13.0. The van der Waals surface area contributed by atoms with Gasteiger partial charge in [-0.15, -0.1) is 0 Å². The molecule has 34 heavy (non-hydrogen) atoms. The third-order valence-electron chi connectivity index (χ3n) is 6.48. The van der Waals surface area contributed by atoms with Crippen LogP contribution in [0.4, 0.5) is 5.69 Å². The minimum absolute atomic E-state index is 0.0213. The van der Waals surface area contributed by atoms with Crippen molar-refractivity contribution < 1.29 is 23.9 Å². The Morgan fingerprint density at radius 3 is 2.59 bits per heavy atom. The number of ketones is 1. The average molecular weight is 463 g/mol. The van der Waals surface area contributed by atoms with Crippen molar-refractivity contribution in [3.05, 3.63) is 53.3 Å². The van der Waals surface area contributed by atoms with Gasteiger partial charge in [-0.3, -0.25) is 19.2 Å². The molecule has 0 bridgehead atoms. The lowest BCUT2D eigenvalue weighted by atomic mass is 10.1. The molecule has 0 N–H and O–H groups in total. The predicted octanol–water partition coefficient (Wildman–Crippen LogP) is 1.90. The Labute approximate surface area is 197 Å². The summed E-state index contributed by atoms with van der Waals surface area (Å²) in [5.74, 6) is 0.0597. The van der Waals surface area contributed by atoms with Gasteiger partial charge in [-0.25, -0.2) is 4.98 Å². The molecular formula is C25H26N4O5. The fourth-order valence-corrected chi connectivity index (χ4v) is 4.28. The maximum Gasteiger partial charge on any atom is 0.268 e. The lowest BCUT2D eigenvalue weighted by Gasteiger charge is -2.18. The molecule has 5 rings (SSSR count). The summed E-state index contributed by atoms with van der Waals surface area (Å²) >= 11 is 0. The van der Waals surface area contributed by atoms with Crippen LogP contribution in [0.2, 0.25) is 0 Å². The van der Waals surface area contributed by atoms with Crippen LogP contribution in [-0.2, 0) is 16.1 Å². The van der Waals surface area contributed by atoms with E-state index in [0.717, 1.165) is 18.4 Å². The highest BCUT2D eigenvalue weighted by atomic mass is 16.5. The smallest absolute Gasteiger partial charge is 0.268 e. The van der Waals surface area contributed by atoms with Gasteiger partial charge in [0.25, 0.3) is 11.8 Å². The largest absolute Gasteiger partial charge is 0.479 e. The van der Waals surface area contributed by atoms with E-state index in [0.29, 0.717) is 42.2 Å². The van der Waals surface area contributed by atoms with Crippen LogP contribution in [0.15, 0.2) is 36.5 Å². The maximum absolute atomic E-state index is 13.0. The van der Waals surface area contributed by atoms with Crippen LogP contribution in [0, 0.1) is 5.92 Å². The lowest BCUT2D eigenvalue weighted by molar-refractivity contribution is -0.129. The third kappa shape index (κ3) is 4.13. The van der Waals surface area contributed by atoms with Gasteiger partial charge in [0.1, 0.15) is 18.0 Å². The fraction of sp³-hybridized carbons (Fsp3) is 0.400. The van der Waals surface area contributed by atoms with Crippen molar-refractivity contribution in [3.8, 4) is 5.75 Å². The molecule has 3 aliphatic rings. The number of fused-ring (bicyclic) bond motifs is 1. The highest BCUT2D eigenvalue weighted by Gasteiger charge is 2.36. The van der Waals surface area contributed by atoms with Gasteiger partial charge in [-0.1, -0.05) is 6.07 Å². The lowest BCUT2D eigenvalue weighted by Crippen LogP contribution is -2.36. The Kier molecular flexibility index (Phi) is 5.55. The summed E-state index contributed by atoms with van der Waals surface area (Å²) in [4.78, 5) is 58.8. The highest BCUT2D eigenvalue weighted by Crippen LogP contribution is 2.33. The summed E-state index contributed by atoms with van der Waals surface area (Å²) in [6.45, 7) is 0.860. The second-order valence-electron chi connectivity index (χ2n) is 9.19. The monoisotopic (exact) mass is 462 g/mol. The number of nitrogens with zero attached hydrogens (tertiary/aromatic N) is 4. The molecule has 2 aliphatic heterocycles. The standard InChI is InChI=1S/C25H26N4O5/c1-27(2)22(30)14-28-13-16-5-6-17(11-19(16)24(28)32)29-10-9-21(25(29)33)34-18-7-8-20(26-12-18)23(31)15-3-4-15/h5-8,11-12,15,21H,3-4,9-10,13-14H2,1-2H3/t21-/m1/s1. The van der Waals surface area contributed by atoms with Crippen molar-refractivity contribution in [1.29, 1.82) is 0 Å². The topological polar surface area (TPSA) is 100 Å². The van der Waals surface area contributed by atoms with Crippen molar-refractivity contribution in [3.63, 3.8) is 0 Å². The number of hydrogen-bond acceptors (Lipinski definition) is 6. The van der Waals surface area contributed by atoms with Gasteiger partial charge in [0.15, 0.2) is 11.9 Å². The predicted molar refractivity (Wildman–Crippen MR) is 123 cm³/mol. The summed E-state index contributed by atoms with van der Waals surface area (Å²) < 4.78 is 5.86. The zero-order valence-corrected chi connectivity index (χ0v) is 19.2. The van der Waals surface area contributed by atoms with Crippen molar-refractivity contribution in [2.45, 2.75) is 31.9 Å². The molecule has 3 heterocycles. The number of anilines is 1. The molecule has 9 nitrogen and oxygen atoms in total. The van der Waals surface area contributed by atoms with Crippen LogP contribution in [-0.4, -0.2) is 71.6 Å². The Bertz CT molecular complexity index is 1170. The summed E-state index contributed by atoms with van der Waals surface area (Å²) in [5.41, 5.74) is 2.42. The molecule has 9 heteroatoms. The minimum atomic E-state index is -0.662. The van der Waals surface area contributed by atoms with Gasteiger partial charge in [-0.05, 0) is 42.7 Å². The number of carbonyl (C=O) groups excluding carboxylic acids is 4. The Balaban J connectivity index is 1.24. The zero-order valence-electron chi connectivity index (χ0n) is 19.2. The van der Waals surface area contributed by atoms with Crippen molar-refractivity contribution in [2.75, 3.05) is 32.1 Å². The molecule has 176 valence electrons. The van der Waals surface area contributed by atoms with E-state index in [1.807, 2.05) is 12.1 Å². The summed E-state index contributed by atoms with van der Waals surface area (Å²) in [5, 5.41) is 0. The molecule has 1 saturated carbocycles. The molecule has 1 aromatic carbocycles. The second kappa shape index (κ2) is 8.55. The normalized spacial score (nSPS) is 19.4. The number of rotatable bonds is 7. The number of pyridine rings is 1. The molecule has 2 fully saturated rings. The van der Waals surface area contributed by atoms with Gasteiger partial charge in [-0.2, -0.15) is 0 Å². The van der Waals surface area contributed by atoms with Crippen LogP contribution in [0.5, 0.6) is 5.75 Å².